The van der Waals surface area contributed by atoms with Crippen LogP contribution in [-0.4, -0.2) is 76.6 Å². The minimum absolute atomic E-state index is 0.0950. The van der Waals surface area contributed by atoms with E-state index < -0.39 is 60.1 Å². The number of ether oxygens (including phenoxy) is 1. The van der Waals surface area contributed by atoms with Crippen molar-refractivity contribution in [3.05, 3.63) is 6.33 Å². The summed E-state index contributed by atoms with van der Waals surface area (Å²) >= 11 is 1.22. The molecule has 2 fully saturated rings. The summed E-state index contributed by atoms with van der Waals surface area (Å²) in [5, 5.41) is 21.1. The number of anilines is 1. The van der Waals surface area contributed by atoms with Crippen molar-refractivity contribution in [2.75, 3.05) is 24.5 Å². The minimum Gasteiger partial charge on any atom is -0.387 e. The summed E-state index contributed by atoms with van der Waals surface area (Å²) in [5.74, 6) is -1.16. The zero-order valence-corrected chi connectivity index (χ0v) is 19.6. The first-order valence-corrected chi connectivity index (χ1v) is 14.9. The zero-order valence-electron chi connectivity index (χ0n) is 16.1. The van der Waals surface area contributed by atoms with Crippen LogP contribution in [0.4, 0.5) is 5.82 Å². The number of hydrogen-bond donors (Lipinski definition) is 5. The number of nitrogens with two attached hydrogens (primary N) is 1. The molecule has 2 aromatic heterocycles. The monoisotopic (exact) mass is 533 g/mol. The molecule has 6 N–H and O–H groups in total. The van der Waals surface area contributed by atoms with Gasteiger partial charge in [0.25, 0.3) is 0 Å². The molecular weight excluding hydrogens is 515 g/mol. The van der Waals surface area contributed by atoms with E-state index >= 15 is 0 Å². The maximum absolute atomic E-state index is 12.4. The van der Waals surface area contributed by atoms with E-state index in [0.717, 1.165) is 0 Å². The van der Waals surface area contributed by atoms with Gasteiger partial charge in [0.15, 0.2) is 28.8 Å². The third kappa shape index (κ3) is 4.67. The molecule has 32 heavy (non-hydrogen) atoms. The molecule has 2 unspecified atom stereocenters. The lowest BCUT2D eigenvalue weighted by molar-refractivity contribution is -0.0501. The molecule has 0 amide bonds. The number of phosphoric acid groups is 1. The number of thioether (sulfide) groups is 1. The fourth-order valence-corrected chi connectivity index (χ4v) is 10.2. The molecule has 2 aliphatic rings. The van der Waals surface area contributed by atoms with Gasteiger partial charge in [-0.2, -0.15) is 0 Å². The van der Waals surface area contributed by atoms with Crippen LogP contribution in [0.25, 0.3) is 11.2 Å². The van der Waals surface area contributed by atoms with Crippen molar-refractivity contribution in [1.82, 2.24) is 19.5 Å². The van der Waals surface area contributed by atoms with Gasteiger partial charge in [-0.15, -0.1) is 0 Å². The van der Waals surface area contributed by atoms with E-state index in [-0.39, 0.29) is 17.0 Å². The number of nitrogens with zero attached hydrogens (tertiary/aromatic N) is 4. The van der Waals surface area contributed by atoms with Gasteiger partial charge in [-0.3, -0.25) is 18.2 Å². The van der Waals surface area contributed by atoms with Crippen LogP contribution in [0.2, 0.25) is 0 Å². The van der Waals surface area contributed by atoms with Crippen molar-refractivity contribution in [2.24, 2.45) is 0 Å². The molecule has 0 radical (unpaired) electrons. The minimum atomic E-state index is -4.95. The van der Waals surface area contributed by atoms with Crippen molar-refractivity contribution in [3.63, 3.8) is 0 Å². The average Bonchev–Trinajstić information content (AvgIpc) is 3.19. The van der Waals surface area contributed by atoms with Gasteiger partial charge in [0.05, 0.1) is 12.9 Å². The van der Waals surface area contributed by atoms with Gasteiger partial charge in [-0.05, 0) is 6.26 Å². The molecule has 2 saturated heterocycles. The zero-order chi connectivity index (χ0) is 23.5. The number of nitrogen functional groups attached to an aromatic ring is 1. The highest BCUT2D eigenvalue weighted by molar-refractivity contribution is 7.98. The van der Waals surface area contributed by atoms with Crippen molar-refractivity contribution < 1.29 is 51.6 Å². The van der Waals surface area contributed by atoms with Crippen molar-refractivity contribution >= 4 is 51.8 Å². The van der Waals surface area contributed by atoms with Gasteiger partial charge >= 0.3 is 23.0 Å². The number of aliphatic hydroxyl groups is 2. The summed E-state index contributed by atoms with van der Waals surface area (Å²) in [6.45, 7) is -0.786. The van der Waals surface area contributed by atoms with Crippen molar-refractivity contribution in [3.8, 4) is 0 Å². The van der Waals surface area contributed by atoms with Gasteiger partial charge in [0.1, 0.15) is 23.8 Å². The average molecular weight is 533 g/mol. The predicted molar refractivity (Wildman–Crippen MR) is 108 cm³/mol. The van der Waals surface area contributed by atoms with Gasteiger partial charge in [-0.1, -0.05) is 11.8 Å². The molecule has 0 aliphatic carbocycles. The van der Waals surface area contributed by atoms with E-state index in [1.54, 1.807) is 6.26 Å². The lowest BCUT2D eigenvalue weighted by Crippen LogP contribution is -2.33. The Morgan fingerprint density at radius 2 is 1.88 bits per heavy atom. The second kappa shape index (κ2) is 8.38. The number of rotatable bonds is 5. The Morgan fingerprint density at radius 3 is 2.50 bits per heavy atom. The summed E-state index contributed by atoms with van der Waals surface area (Å²) in [7, 11) is -14.4. The van der Waals surface area contributed by atoms with Crippen LogP contribution < -0.4 is 5.73 Å². The molecule has 4 rings (SSSR count). The highest BCUT2D eigenvalue weighted by Gasteiger charge is 2.53. The van der Waals surface area contributed by atoms with Gasteiger partial charge in [0, 0.05) is 0 Å². The highest BCUT2D eigenvalue weighted by atomic mass is 32.2. The quantitative estimate of drug-likeness (QED) is 0.197. The Labute approximate surface area is 183 Å². The van der Waals surface area contributed by atoms with Crippen molar-refractivity contribution in [2.45, 2.75) is 29.7 Å². The lowest BCUT2D eigenvalue weighted by atomic mass is 10.1. The highest BCUT2D eigenvalue weighted by Crippen LogP contribution is 2.78. The summed E-state index contributed by atoms with van der Waals surface area (Å²) in [4.78, 5) is 31.4. The summed E-state index contributed by atoms with van der Waals surface area (Å²) in [6, 6.07) is 0. The van der Waals surface area contributed by atoms with Crippen LogP contribution in [0, 0.1) is 0 Å². The summed E-state index contributed by atoms with van der Waals surface area (Å²) in [5.41, 5.74) is 6.32. The summed E-state index contributed by atoms with van der Waals surface area (Å²) in [6.07, 6.45) is -2.69. The number of imidazole rings is 1. The fourth-order valence-electron chi connectivity index (χ4n) is 3.11. The standard InChI is InChI=1S/C12H18N5O11P3S/c1-32-12-15-9(13)6-10(16-12)17(3-14-6)11-8(19)7(18)5(26-11)2-25-31(24)27-29(20,21)4-30(22,23)28-31/h3,5,7-8,11,18-19H,2,4H2,1H3,(H,20,21)(H,22,23)(H2,13,15,16)/t5-,7-,8-,11-/m1/s1. The molecular formula is C12H18N5O11P3S. The third-order valence-electron chi connectivity index (χ3n) is 4.43. The van der Waals surface area contributed by atoms with Crippen LogP contribution >= 0.6 is 34.8 Å². The van der Waals surface area contributed by atoms with E-state index in [2.05, 4.69) is 23.6 Å². The van der Waals surface area contributed by atoms with Crippen LogP contribution in [0.3, 0.4) is 0 Å². The first-order valence-electron chi connectivity index (χ1n) is 8.70. The smallest absolute Gasteiger partial charge is 0.387 e. The molecule has 6 atom stereocenters. The largest absolute Gasteiger partial charge is 0.489 e. The maximum atomic E-state index is 12.4. The van der Waals surface area contributed by atoms with E-state index in [1.165, 1.54) is 22.7 Å². The van der Waals surface area contributed by atoms with Crippen LogP contribution in [0.5, 0.6) is 0 Å². The topological polar surface area (TPSA) is 239 Å². The molecule has 0 spiro atoms. The van der Waals surface area contributed by atoms with Gasteiger partial charge < -0.3 is 30.5 Å². The summed E-state index contributed by atoms with van der Waals surface area (Å²) < 4.78 is 56.3. The normalized spacial score (nSPS) is 40.2. The number of aromatic nitrogens is 4. The van der Waals surface area contributed by atoms with Gasteiger partial charge in [-0.25, -0.2) is 28.1 Å². The molecule has 0 aromatic carbocycles. The SMILES string of the molecule is CSc1nc(N)c2ncn([C@@H]3O[C@H](COP4(=O)OP(=O)(O)CP(=O)(O)O4)[C@@H](O)[C@H]3O)c2n1. The molecule has 178 valence electrons. The molecule has 16 nitrogen and oxygen atoms in total. The van der Waals surface area contributed by atoms with E-state index in [4.69, 9.17) is 15.0 Å². The van der Waals surface area contributed by atoms with Crippen molar-refractivity contribution in [1.29, 1.82) is 0 Å². The molecule has 0 bridgehead atoms. The second-order valence-electron chi connectivity index (χ2n) is 6.79. The van der Waals surface area contributed by atoms with E-state index in [0.29, 0.717) is 5.16 Å². The molecule has 2 aliphatic heterocycles. The first-order chi connectivity index (χ1) is 14.8. The second-order valence-corrected chi connectivity index (χ2v) is 13.7. The Kier molecular flexibility index (Phi) is 6.34. The Morgan fingerprint density at radius 1 is 1.22 bits per heavy atom. The first kappa shape index (κ1) is 24.2. The molecule has 0 saturated carbocycles. The lowest BCUT2D eigenvalue weighted by Gasteiger charge is -2.28. The van der Waals surface area contributed by atoms with Crippen LogP contribution in [-0.2, 0) is 31.6 Å². The molecule has 2 aromatic rings. The van der Waals surface area contributed by atoms with Gasteiger partial charge in [0.2, 0.25) is 0 Å². The van der Waals surface area contributed by atoms with Crippen LogP contribution in [0.15, 0.2) is 11.5 Å². The predicted octanol–water partition coefficient (Wildman–Crippen LogP) is 0.249. The van der Waals surface area contributed by atoms with E-state index in [9.17, 15) is 33.7 Å². The molecule has 20 heteroatoms. The number of fused-ring (bicyclic) bond motifs is 1. The number of hydrogen-bond acceptors (Lipinski definition) is 14. The van der Waals surface area contributed by atoms with E-state index in [1.807, 2.05) is 0 Å². The van der Waals surface area contributed by atoms with Crippen LogP contribution in [0.1, 0.15) is 6.23 Å². The molecule has 4 heterocycles. The number of aliphatic hydroxyl groups excluding tert-OH is 2. The Balaban J connectivity index is 1.54. The Hall–Kier alpha value is -0.930. The fraction of sp³-hybridized carbons (Fsp3) is 0.583. The maximum Gasteiger partial charge on any atom is 0.489 e. The Bertz CT molecular complexity index is 1170. The third-order valence-corrected chi connectivity index (χ3v) is 11.9.